The number of carbonyl (C=O) groups excluding carboxylic acids is 2. The average molecular weight is 487 g/mol. The zero-order valence-corrected chi connectivity index (χ0v) is 20.9. The van der Waals surface area contributed by atoms with Crippen molar-refractivity contribution >= 4 is 27.7 Å². The van der Waals surface area contributed by atoms with Gasteiger partial charge in [-0.1, -0.05) is 80.0 Å². The van der Waals surface area contributed by atoms with E-state index in [1.54, 1.807) is 4.90 Å². The highest BCUT2D eigenvalue weighted by Gasteiger charge is 2.26. The topological polar surface area (TPSA) is 49.4 Å². The lowest BCUT2D eigenvalue weighted by atomic mass is 10.00. The Labute approximate surface area is 195 Å². The van der Waals surface area contributed by atoms with Crippen LogP contribution in [-0.4, -0.2) is 29.3 Å². The summed E-state index contributed by atoms with van der Waals surface area (Å²) in [6.07, 6.45) is 1.04. The molecule has 1 N–H and O–H groups in total. The number of rotatable bonds is 10. The minimum absolute atomic E-state index is 0.0111. The van der Waals surface area contributed by atoms with E-state index in [1.165, 1.54) is 5.56 Å². The second kappa shape index (κ2) is 12.0. The van der Waals surface area contributed by atoms with Gasteiger partial charge in [0.05, 0.1) is 0 Å². The lowest BCUT2D eigenvalue weighted by Gasteiger charge is -2.29. The van der Waals surface area contributed by atoms with Crippen molar-refractivity contribution < 1.29 is 9.59 Å². The molecule has 0 unspecified atom stereocenters. The monoisotopic (exact) mass is 486 g/mol. The zero-order valence-electron chi connectivity index (χ0n) is 19.3. The van der Waals surface area contributed by atoms with E-state index in [0.717, 1.165) is 15.6 Å². The third-order valence-electron chi connectivity index (χ3n) is 5.39. The standard InChI is InChI=1S/C26H35BrN2O2/c1-18(2)16-28-26(31)20(5)29(17-22-8-13-24(27)14-9-22)25(30)15-10-21-6-11-23(12-7-21)19(3)4/h6-9,11-14,18-20H,10,15-17H2,1-5H3,(H,28,31)/t20-/m1/s1. The summed E-state index contributed by atoms with van der Waals surface area (Å²) in [6.45, 7) is 11.3. The number of benzene rings is 2. The first-order valence-electron chi connectivity index (χ1n) is 11.1. The first-order valence-corrected chi connectivity index (χ1v) is 11.9. The van der Waals surface area contributed by atoms with Crippen molar-refractivity contribution in [3.05, 3.63) is 69.7 Å². The van der Waals surface area contributed by atoms with Gasteiger partial charge < -0.3 is 10.2 Å². The predicted molar refractivity (Wildman–Crippen MR) is 131 cm³/mol. The van der Waals surface area contributed by atoms with E-state index in [-0.39, 0.29) is 11.8 Å². The minimum atomic E-state index is -0.529. The molecule has 31 heavy (non-hydrogen) atoms. The van der Waals surface area contributed by atoms with Gasteiger partial charge in [0.1, 0.15) is 6.04 Å². The summed E-state index contributed by atoms with van der Waals surface area (Å²) in [5.74, 6) is 0.728. The number of hydrogen-bond acceptors (Lipinski definition) is 2. The molecule has 168 valence electrons. The molecule has 0 saturated heterocycles. The molecule has 5 heteroatoms. The van der Waals surface area contributed by atoms with Gasteiger partial charge in [-0.15, -0.1) is 0 Å². The fourth-order valence-corrected chi connectivity index (χ4v) is 3.55. The van der Waals surface area contributed by atoms with Crippen molar-refractivity contribution in [2.45, 2.75) is 66.0 Å². The maximum Gasteiger partial charge on any atom is 0.242 e. The molecule has 0 bridgehead atoms. The summed E-state index contributed by atoms with van der Waals surface area (Å²) in [5.41, 5.74) is 3.43. The van der Waals surface area contributed by atoms with Crippen LogP contribution in [0.15, 0.2) is 53.0 Å². The zero-order chi connectivity index (χ0) is 23.0. The number of carbonyl (C=O) groups is 2. The van der Waals surface area contributed by atoms with Crippen LogP contribution in [0, 0.1) is 5.92 Å². The molecular formula is C26H35BrN2O2. The molecular weight excluding hydrogens is 452 g/mol. The molecule has 2 aromatic rings. The number of halogens is 1. The van der Waals surface area contributed by atoms with Crippen molar-refractivity contribution in [3.8, 4) is 0 Å². The van der Waals surface area contributed by atoms with Crippen LogP contribution >= 0.6 is 15.9 Å². The highest BCUT2D eigenvalue weighted by atomic mass is 79.9. The fraction of sp³-hybridized carbons (Fsp3) is 0.462. The normalized spacial score (nSPS) is 12.1. The molecule has 0 saturated carbocycles. The Hall–Kier alpha value is -2.14. The lowest BCUT2D eigenvalue weighted by molar-refractivity contribution is -0.140. The van der Waals surface area contributed by atoms with Crippen LogP contribution in [0.5, 0.6) is 0 Å². The molecule has 2 amide bonds. The Morgan fingerprint density at radius 3 is 2.03 bits per heavy atom. The predicted octanol–water partition coefficient (Wildman–Crippen LogP) is 5.69. The van der Waals surface area contributed by atoms with E-state index in [4.69, 9.17) is 0 Å². The molecule has 0 heterocycles. The summed E-state index contributed by atoms with van der Waals surface area (Å²) in [5, 5.41) is 2.96. The van der Waals surface area contributed by atoms with Crippen LogP contribution in [0.1, 0.15) is 63.6 Å². The van der Waals surface area contributed by atoms with Crippen LogP contribution in [0.3, 0.4) is 0 Å². The number of amides is 2. The largest absolute Gasteiger partial charge is 0.354 e. The smallest absolute Gasteiger partial charge is 0.242 e. The van der Waals surface area contributed by atoms with Gasteiger partial charge in [0.25, 0.3) is 0 Å². The van der Waals surface area contributed by atoms with Crippen molar-refractivity contribution in [1.82, 2.24) is 10.2 Å². The summed E-state index contributed by atoms with van der Waals surface area (Å²) >= 11 is 3.45. The second-order valence-corrected chi connectivity index (χ2v) is 9.78. The van der Waals surface area contributed by atoms with Gasteiger partial charge in [0, 0.05) is 24.0 Å². The van der Waals surface area contributed by atoms with E-state index in [0.29, 0.717) is 37.8 Å². The van der Waals surface area contributed by atoms with E-state index < -0.39 is 6.04 Å². The Bertz CT molecular complexity index is 845. The summed E-state index contributed by atoms with van der Waals surface area (Å²) < 4.78 is 0.988. The average Bonchev–Trinajstić information content (AvgIpc) is 2.75. The highest BCUT2D eigenvalue weighted by molar-refractivity contribution is 9.10. The van der Waals surface area contributed by atoms with E-state index in [9.17, 15) is 9.59 Å². The highest BCUT2D eigenvalue weighted by Crippen LogP contribution is 2.18. The van der Waals surface area contributed by atoms with Crippen molar-refractivity contribution in [3.63, 3.8) is 0 Å². The maximum atomic E-state index is 13.2. The molecule has 2 rings (SSSR count). The van der Waals surface area contributed by atoms with Gasteiger partial charge in [-0.25, -0.2) is 0 Å². The Morgan fingerprint density at radius 1 is 0.903 bits per heavy atom. The van der Waals surface area contributed by atoms with Gasteiger partial charge in [-0.2, -0.15) is 0 Å². The molecule has 0 radical (unpaired) electrons. The Kier molecular flexibility index (Phi) is 9.76. The van der Waals surface area contributed by atoms with Gasteiger partial charge in [0.15, 0.2) is 0 Å². The van der Waals surface area contributed by atoms with Crippen LogP contribution in [0.4, 0.5) is 0 Å². The first kappa shape index (κ1) is 25.1. The second-order valence-electron chi connectivity index (χ2n) is 8.86. The minimum Gasteiger partial charge on any atom is -0.354 e. The van der Waals surface area contributed by atoms with E-state index >= 15 is 0 Å². The summed E-state index contributed by atoms with van der Waals surface area (Å²) in [7, 11) is 0. The van der Waals surface area contributed by atoms with Gasteiger partial charge in [-0.3, -0.25) is 9.59 Å². The third kappa shape index (κ3) is 8.13. The van der Waals surface area contributed by atoms with Gasteiger partial charge in [-0.05, 0) is 54.0 Å². The molecule has 0 aliphatic rings. The molecule has 0 spiro atoms. The third-order valence-corrected chi connectivity index (χ3v) is 5.92. The van der Waals surface area contributed by atoms with Crippen molar-refractivity contribution in [1.29, 1.82) is 0 Å². The Morgan fingerprint density at radius 2 is 1.48 bits per heavy atom. The fourth-order valence-electron chi connectivity index (χ4n) is 3.29. The molecule has 1 atom stereocenters. The van der Waals surface area contributed by atoms with Crippen molar-refractivity contribution in [2.75, 3.05) is 6.54 Å². The van der Waals surface area contributed by atoms with Gasteiger partial charge >= 0.3 is 0 Å². The van der Waals surface area contributed by atoms with Crippen molar-refractivity contribution in [2.24, 2.45) is 5.92 Å². The van der Waals surface area contributed by atoms with Crippen LogP contribution in [0.25, 0.3) is 0 Å². The molecule has 0 aliphatic heterocycles. The maximum absolute atomic E-state index is 13.2. The molecule has 2 aromatic carbocycles. The first-order chi connectivity index (χ1) is 14.7. The van der Waals surface area contributed by atoms with Gasteiger partial charge in [0.2, 0.25) is 11.8 Å². The molecule has 0 aliphatic carbocycles. The quantitative estimate of drug-likeness (QED) is 0.468. The summed E-state index contributed by atoms with van der Waals surface area (Å²) in [6, 6.07) is 15.8. The van der Waals surface area contributed by atoms with Crippen LogP contribution in [0.2, 0.25) is 0 Å². The number of nitrogens with one attached hydrogen (secondary N) is 1. The molecule has 0 aromatic heterocycles. The van der Waals surface area contributed by atoms with E-state index in [1.807, 2.05) is 31.2 Å². The Balaban J connectivity index is 2.10. The molecule has 4 nitrogen and oxygen atoms in total. The SMILES string of the molecule is CC(C)CNC(=O)[C@@H](C)N(Cc1ccc(Br)cc1)C(=O)CCc1ccc(C(C)C)cc1. The van der Waals surface area contributed by atoms with E-state index in [2.05, 4.69) is 73.2 Å². The van der Waals surface area contributed by atoms with Crippen LogP contribution < -0.4 is 5.32 Å². The number of aryl methyl sites for hydroxylation is 1. The summed E-state index contributed by atoms with van der Waals surface area (Å²) in [4.78, 5) is 27.6. The lowest BCUT2D eigenvalue weighted by Crippen LogP contribution is -2.48. The van der Waals surface area contributed by atoms with Crippen LogP contribution in [-0.2, 0) is 22.6 Å². The number of hydrogen-bond donors (Lipinski definition) is 1. The number of nitrogens with zero attached hydrogens (tertiary/aromatic N) is 1. The molecule has 0 fully saturated rings.